The highest BCUT2D eigenvalue weighted by Crippen LogP contribution is 2.52. The van der Waals surface area contributed by atoms with Crippen molar-refractivity contribution >= 4 is 29.2 Å². The van der Waals surface area contributed by atoms with E-state index in [1.165, 1.54) is 24.3 Å². The Balaban J connectivity index is 1.42. The molecule has 2 N–H and O–H groups in total. The van der Waals surface area contributed by atoms with Gasteiger partial charge in [-0.3, -0.25) is 4.79 Å². The van der Waals surface area contributed by atoms with Crippen LogP contribution in [0.3, 0.4) is 0 Å². The summed E-state index contributed by atoms with van der Waals surface area (Å²) < 4.78 is 35.7. The summed E-state index contributed by atoms with van der Waals surface area (Å²) in [5.74, 6) is -1.54. The van der Waals surface area contributed by atoms with Gasteiger partial charge in [-0.2, -0.15) is 0 Å². The van der Waals surface area contributed by atoms with E-state index < -0.39 is 17.7 Å². The molecule has 0 radical (unpaired) electrons. The maximum absolute atomic E-state index is 13.4. The zero-order chi connectivity index (χ0) is 24.3. The third-order valence-electron chi connectivity index (χ3n) is 6.09. The van der Waals surface area contributed by atoms with Crippen LogP contribution in [0.25, 0.3) is 11.1 Å². The van der Waals surface area contributed by atoms with Gasteiger partial charge in [-0.25, -0.2) is 4.79 Å². The van der Waals surface area contributed by atoms with Crippen molar-refractivity contribution in [1.82, 2.24) is 0 Å². The summed E-state index contributed by atoms with van der Waals surface area (Å²) in [6.45, 7) is 1.87. The number of carboxylic acid groups (broad SMARTS) is 1. The summed E-state index contributed by atoms with van der Waals surface area (Å²) in [4.78, 5) is 24.6. The Morgan fingerprint density at radius 1 is 1.00 bits per heavy atom. The Bertz CT molecular complexity index is 1350. The van der Waals surface area contributed by atoms with Gasteiger partial charge in [-0.15, -0.1) is 8.78 Å². The van der Waals surface area contributed by atoms with Crippen LogP contribution in [0.1, 0.15) is 34.3 Å². The average molecular weight is 486 g/mol. The predicted octanol–water partition coefficient (Wildman–Crippen LogP) is 6.01. The first-order valence-corrected chi connectivity index (χ1v) is 10.8. The van der Waals surface area contributed by atoms with Crippen molar-refractivity contribution in [2.45, 2.75) is 31.5 Å². The molecule has 0 bridgehead atoms. The van der Waals surface area contributed by atoms with Crippen LogP contribution in [-0.2, 0) is 10.2 Å². The molecule has 3 aromatic carbocycles. The first-order valence-electron chi connectivity index (χ1n) is 10.4. The number of ether oxygens (including phenoxy) is 2. The number of fused-ring (bicyclic) bond motifs is 1. The molecule has 3 aromatic rings. The van der Waals surface area contributed by atoms with Crippen LogP contribution in [0.4, 0.5) is 14.5 Å². The van der Waals surface area contributed by atoms with Gasteiger partial charge in [0.25, 0.3) is 0 Å². The largest absolute Gasteiger partial charge is 0.586 e. The summed E-state index contributed by atoms with van der Waals surface area (Å²) in [5.41, 5.74) is 2.48. The van der Waals surface area contributed by atoms with Crippen LogP contribution in [0.5, 0.6) is 11.5 Å². The van der Waals surface area contributed by atoms with E-state index in [1.807, 2.05) is 13.0 Å². The number of hydrogen-bond acceptors (Lipinski definition) is 4. The number of hydrogen-bond donors (Lipinski definition) is 2. The number of rotatable bonds is 5. The van der Waals surface area contributed by atoms with E-state index in [1.54, 1.807) is 24.3 Å². The van der Waals surface area contributed by atoms with E-state index in [0.717, 1.165) is 11.1 Å². The SMILES string of the molecule is Cc1ccc(NC(=O)C2(c3ccc4c(c3)OC(F)(F)O4)CC2)cc1-c1cc(Cl)cc(C(=O)O)c1. The minimum absolute atomic E-state index is 0.0571. The molecule has 0 aromatic heterocycles. The first kappa shape index (κ1) is 22.2. The zero-order valence-corrected chi connectivity index (χ0v) is 18.6. The number of amides is 1. The van der Waals surface area contributed by atoms with E-state index in [0.29, 0.717) is 29.7 Å². The topological polar surface area (TPSA) is 84.9 Å². The molecule has 0 atom stereocenters. The molecule has 0 saturated heterocycles. The summed E-state index contributed by atoms with van der Waals surface area (Å²) in [7, 11) is 0. The molecule has 1 heterocycles. The smallest absolute Gasteiger partial charge is 0.478 e. The van der Waals surface area contributed by atoms with Crippen LogP contribution in [0.15, 0.2) is 54.6 Å². The molecule has 9 heteroatoms. The van der Waals surface area contributed by atoms with Gasteiger partial charge in [0.15, 0.2) is 11.5 Å². The number of nitrogens with one attached hydrogen (secondary N) is 1. The van der Waals surface area contributed by atoms with Crippen molar-refractivity contribution in [1.29, 1.82) is 0 Å². The highest BCUT2D eigenvalue weighted by atomic mass is 35.5. The van der Waals surface area contributed by atoms with Crippen LogP contribution in [-0.4, -0.2) is 23.3 Å². The molecule has 0 unspecified atom stereocenters. The number of halogens is 3. The fourth-order valence-corrected chi connectivity index (χ4v) is 4.38. The maximum atomic E-state index is 13.4. The molecule has 1 aliphatic carbocycles. The fraction of sp³-hybridized carbons (Fsp3) is 0.200. The minimum atomic E-state index is -3.72. The minimum Gasteiger partial charge on any atom is -0.478 e. The third-order valence-corrected chi connectivity index (χ3v) is 6.31. The Morgan fingerprint density at radius 3 is 2.44 bits per heavy atom. The zero-order valence-electron chi connectivity index (χ0n) is 17.8. The number of aryl methyl sites for hydroxylation is 1. The second-order valence-corrected chi connectivity index (χ2v) is 8.87. The van der Waals surface area contributed by atoms with Gasteiger partial charge in [0.1, 0.15) is 0 Å². The normalized spacial score (nSPS) is 16.7. The number of benzene rings is 3. The van der Waals surface area contributed by atoms with Crippen molar-refractivity contribution in [2.75, 3.05) is 5.32 Å². The lowest BCUT2D eigenvalue weighted by atomic mass is 9.94. The Morgan fingerprint density at radius 2 is 1.74 bits per heavy atom. The highest BCUT2D eigenvalue weighted by molar-refractivity contribution is 6.31. The van der Waals surface area contributed by atoms with Gasteiger partial charge in [-0.1, -0.05) is 23.7 Å². The Labute approximate surface area is 198 Å². The van der Waals surface area contributed by atoms with Gasteiger partial charge in [0.2, 0.25) is 5.91 Å². The number of carbonyl (C=O) groups excluding carboxylic acids is 1. The van der Waals surface area contributed by atoms with Gasteiger partial charge in [0.05, 0.1) is 11.0 Å². The second-order valence-electron chi connectivity index (χ2n) is 8.43. The van der Waals surface area contributed by atoms with Crippen LogP contribution in [0.2, 0.25) is 5.02 Å². The molecule has 1 amide bonds. The fourth-order valence-electron chi connectivity index (χ4n) is 4.15. The number of anilines is 1. The average Bonchev–Trinajstić information content (AvgIpc) is 3.51. The second kappa shape index (κ2) is 7.70. The molecule has 5 rings (SSSR count). The molecule has 1 saturated carbocycles. The van der Waals surface area contributed by atoms with Crippen molar-refractivity contribution in [3.63, 3.8) is 0 Å². The standard InChI is InChI=1S/C25H18ClF2NO5/c1-13-2-4-18(12-19(13)14-8-15(22(30)31)10-17(26)9-14)29-23(32)24(6-7-24)16-3-5-20-21(11-16)34-25(27,28)33-20/h2-5,8-12H,6-7H2,1H3,(H,29,32)(H,30,31). The summed E-state index contributed by atoms with van der Waals surface area (Å²) in [6, 6.07) is 14.2. The highest BCUT2D eigenvalue weighted by Gasteiger charge is 2.52. The van der Waals surface area contributed by atoms with Gasteiger partial charge < -0.3 is 19.9 Å². The maximum Gasteiger partial charge on any atom is 0.586 e. The van der Waals surface area contributed by atoms with Gasteiger partial charge >= 0.3 is 12.3 Å². The quantitative estimate of drug-likeness (QED) is 0.462. The van der Waals surface area contributed by atoms with Crippen molar-refractivity contribution in [2.24, 2.45) is 0 Å². The van der Waals surface area contributed by atoms with E-state index >= 15 is 0 Å². The lowest BCUT2D eigenvalue weighted by Gasteiger charge is -2.17. The molecule has 34 heavy (non-hydrogen) atoms. The molecule has 174 valence electrons. The summed E-state index contributed by atoms with van der Waals surface area (Å²) >= 11 is 6.12. The van der Waals surface area contributed by atoms with Crippen LogP contribution >= 0.6 is 11.6 Å². The van der Waals surface area contributed by atoms with E-state index in [2.05, 4.69) is 14.8 Å². The molecule has 2 aliphatic rings. The Hall–Kier alpha value is -3.65. The van der Waals surface area contributed by atoms with Gasteiger partial charge in [0, 0.05) is 10.7 Å². The molecular formula is C25H18ClF2NO5. The van der Waals surface area contributed by atoms with Crippen LogP contribution < -0.4 is 14.8 Å². The summed E-state index contributed by atoms with van der Waals surface area (Å²) in [5, 5.41) is 12.5. The lowest BCUT2D eigenvalue weighted by molar-refractivity contribution is -0.286. The van der Waals surface area contributed by atoms with Crippen molar-refractivity contribution in [3.8, 4) is 22.6 Å². The number of carbonyl (C=O) groups is 2. The molecule has 1 aliphatic heterocycles. The first-order chi connectivity index (χ1) is 16.1. The molecule has 1 fully saturated rings. The predicted molar refractivity (Wildman–Crippen MR) is 121 cm³/mol. The third kappa shape index (κ3) is 3.94. The number of alkyl halides is 2. The van der Waals surface area contributed by atoms with Crippen molar-refractivity contribution in [3.05, 3.63) is 76.3 Å². The number of carboxylic acids is 1. The van der Waals surface area contributed by atoms with Crippen molar-refractivity contribution < 1.29 is 33.0 Å². The van der Waals surface area contributed by atoms with E-state index in [-0.39, 0.29) is 28.0 Å². The lowest BCUT2D eigenvalue weighted by Crippen LogP contribution is -2.28. The van der Waals surface area contributed by atoms with E-state index in [9.17, 15) is 23.5 Å². The Kier molecular flexibility index (Phi) is 5.02. The monoisotopic (exact) mass is 485 g/mol. The molecule has 0 spiro atoms. The molecular weight excluding hydrogens is 468 g/mol. The summed E-state index contributed by atoms with van der Waals surface area (Å²) in [6.07, 6.45) is -2.60. The van der Waals surface area contributed by atoms with E-state index in [4.69, 9.17) is 11.6 Å². The van der Waals surface area contributed by atoms with Gasteiger partial charge in [-0.05, 0) is 84.5 Å². The molecule has 6 nitrogen and oxygen atoms in total. The van der Waals surface area contributed by atoms with Crippen LogP contribution in [0, 0.1) is 6.92 Å². The number of aromatic carboxylic acids is 1.